The maximum absolute atomic E-state index is 12.9. The molecule has 0 atom stereocenters. The van der Waals surface area contributed by atoms with E-state index < -0.39 is 0 Å². The second kappa shape index (κ2) is 13.3. The average Bonchev–Trinajstić information content (AvgIpc) is 3.49. The van der Waals surface area contributed by atoms with Crippen molar-refractivity contribution in [3.63, 3.8) is 0 Å². The van der Waals surface area contributed by atoms with Crippen molar-refractivity contribution in [1.29, 1.82) is 0 Å². The van der Waals surface area contributed by atoms with Crippen molar-refractivity contribution >= 4 is 56.7 Å². The zero-order chi connectivity index (χ0) is 26.4. The lowest BCUT2D eigenvalue weighted by atomic mass is 10.0. The summed E-state index contributed by atoms with van der Waals surface area (Å²) in [5.74, 6) is 4.81. The van der Waals surface area contributed by atoms with E-state index in [0.717, 1.165) is 78.2 Å². The van der Waals surface area contributed by atoms with Gasteiger partial charge in [0.1, 0.15) is 0 Å². The molecule has 0 unspecified atom stereocenters. The summed E-state index contributed by atoms with van der Waals surface area (Å²) in [4.78, 5) is 25.2. The summed E-state index contributed by atoms with van der Waals surface area (Å²) in [5.41, 5.74) is 4.96. The third kappa shape index (κ3) is 6.76. The Morgan fingerprint density at radius 3 is 2.38 bits per heavy atom. The summed E-state index contributed by atoms with van der Waals surface area (Å²) in [7, 11) is 0. The van der Waals surface area contributed by atoms with Gasteiger partial charge in [-0.05, 0) is 68.5 Å². The number of likely N-dealkylation sites (tertiary alicyclic amines) is 1. The van der Waals surface area contributed by atoms with Gasteiger partial charge >= 0.3 is 0 Å². The van der Waals surface area contributed by atoms with E-state index >= 15 is 0 Å². The highest BCUT2D eigenvalue weighted by atomic mass is 32.2. The molecule has 3 aliphatic heterocycles. The SMILES string of the molecule is O=C(c1ccc(-c2cc(NCCCN3CCC(N4CCSCC4)CC3)c3sccc3n2)cc1)N1CCSCC1. The van der Waals surface area contributed by atoms with E-state index in [2.05, 4.69) is 44.4 Å². The predicted molar refractivity (Wildman–Crippen MR) is 170 cm³/mol. The van der Waals surface area contributed by atoms with E-state index in [4.69, 9.17) is 4.98 Å². The Balaban J connectivity index is 1.04. The fraction of sp³-hybridized carbons (Fsp3) is 0.533. The van der Waals surface area contributed by atoms with Crippen LogP contribution in [0.4, 0.5) is 5.69 Å². The number of piperidine rings is 1. The van der Waals surface area contributed by atoms with Crippen LogP contribution in [-0.2, 0) is 0 Å². The zero-order valence-corrected chi connectivity index (χ0v) is 25.1. The van der Waals surface area contributed by atoms with E-state index in [0.29, 0.717) is 0 Å². The molecule has 1 N–H and O–H groups in total. The molecule has 1 aromatic carbocycles. The number of thiophene rings is 1. The van der Waals surface area contributed by atoms with Crippen molar-refractivity contribution < 1.29 is 4.79 Å². The third-order valence-corrected chi connectivity index (χ3v) is 11.0. The van der Waals surface area contributed by atoms with Gasteiger partial charge in [0, 0.05) is 72.9 Å². The molecule has 0 bridgehead atoms. The number of aromatic nitrogens is 1. The summed E-state index contributed by atoms with van der Waals surface area (Å²) >= 11 is 5.77. The van der Waals surface area contributed by atoms with Crippen molar-refractivity contribution in [1.82, 2.24) is 19.7 Å². The highest BCUT2D eigenvalue weighted by Gasteiger charge is 2.25. The van der Waals surface area contributed by atoms with Crippen LogP contribution >= 0.6 is 34.9 Å². The number of fused-ring (bicyclic) bond motifs is 1. The fourth-order valence-corrected chi connectivity index (χ4v) is 8.60. The molecule has 208 valence electrons. The Labute approximate surface area is 244 Å². The molecule has 3 saturated heterocycles. The second-order valence-electron chi connectivity index (χ2n) is 10.7. The Bertz CT molecular complexity index is 1230. The van der Waals surface area contributed by atoms with E-state index in [9.17, 15) is 4.79 Å². The van der Waals surface area contributed by atoms with Gasteiger partial charge in [-0.3, -0.25) is 9.69 Å². The van der Waals surface area contributed by atoms with Gasteiger partial charge in [-0.25, -0.2) is 4.98 Å². The van der Waals surface area contributed by atoms with Crippen LogP contribution in [0.3, 0.4) is 0 Å². The minimum atomic E-state index is 0.139. The molecule has 9 heteroatoms. The number of rotatable bonds is 8. The number of anilines is 1. The normalized spacial score (nSPS) is 19.9. The molecule has 0 saturated carbocycles. The molecule has 0 aliphatic carbocycles. The topological polar surface area (TPSA) is 51.7 Å². The lowest BCUT2D eigenvalue weighted by Crippen LogP contribution is -2.47. The molecule has 39 heavy (non-hydrogen) atoms. The molecule has 6 nitrogen and oxygen atoms in total. The van der Waals surface area contributed by atoms with Crippen molar-refractivity contribution in [2.45, 2.75) is 25.3 Å². The molecule has 1 amide bonds. The van der Waals surface area contributed by atoms with Gasteiger partial charge in [0.2, 0.25) is 0 Å². The van der Waals surface area contributed by atoms with Crippen LogP contribution in [0.2, 0.25) is 0 Å². The van der Waals surface area contributed by atoms with E-state index in [1.807, 2.05) is 40.9 Å². The standard InChI is InChI=1S/C30H39N5OS3/c36-30(35-15-20-38-21-16-35)24-4-2-23(3-5-24)27-22-28(29-26(32-27)8-17-39-29)31-9-1-10-33-11-6-25(7-12-33)34-13-18-37-19-14-34/h2-5,8,17,22,25H,1,6-7,9-16,18-21H2,(H,31,32). The molecular weight excluding hydrogens is 543 g/mol. The van der Waals surface area contributed by atoms with Crippen molar-refractivity contribution in [2.24, 2.45) is 0 Å². The number of amides is 1. The maximum atomic E-state index is 12.9. The number of hydrogen-bond acceptors (Lipinski definition) is 8. The highest BCUT2D eigenvalue weighted by molar-refractivity contribution is 7.99. The molecule has 2 aromatic heterocycles. The Morgan fingerprint density at radius 2 is 1.64 bits per heavy atom. The average molecular weight is 582 g/mol. The summed E-state index contributed by atoms with van der Waals surface area (Å²) in [6.07, 6.45) is 3.79. The van der Waals surface area contributed by atoms with Crippen LogP contribution in [-0.4, -0.2) is 107 Å². The number of nitrogens with one attached hydrogen (secondary N) is 1. The van der Waals surface area contributed by atoms with Crippen LogP contribution in [0.5, 0.6) is 0 Å². The largest absolute Gasteiger partial charge is 0.384 e. The third-order valence-electron chi connectivity index (χ3n) is 8.22. The van der Waals surface area contributed by atoms with Gasteiger partial charge in [-0.2, -0.15) is 23.5 Å². The monoisotopic (exact) mass is 581 g/mol. The van der Waals surface area contributed by atoms with Crippen LogP contribution in [0, 0.1) is 0 Å². The fourth-order valence-electron chi connectivity index (χ4n) is 5.94. The number of nitrogens with zero attached hydrogens (tertiary/aromatic N) is 4. The van der Waals surface area contributed by atoms with E-state index in [1.165, 1.54) is 55.2 Å². The summed E-state index contributed by atoms with van der Waals surface area (Å²) in [6, 6.07) is 13.1. The van der Waals surface area contributed by atoms with Gasteiger partial charge in [-0.15, -0.1) is 11.3 Å². The maximum Gasteiger partial charge on any atom is 0.253 e. The molecule has 0 radical (unpaired) electrons. The van der Waals surface area contributed by atoms with Crippen LogP contribution < -0.4 is 5.32 Å². The summed E-state index contributed by atoms with van der Waals surface area (Å²) in [6.45, 7) is 8.83. The number of carbonyl (C=O) groups is 1. The molecule has 0 spiro atoms. The molecule has 3 aliphatic rings. The lowest BCUT2D eigenvalue weighted by Gasteiger charge is -2.40. The first-order valence-corrected chi connectivity index (χ1v) is 17.6. The summed E-state index contributed by atoms with van der Waals surface area (Å²) < 4.78 is 1.22. The Kier molecular flexibility index (Phi) is 9.31. The number of hydrogen-bond donors (Lipinski definition) is 1. The Hall–Kier alpha value is -1.78. The quantitative estimate of drug-likeness (QED) is 0.354. The first-order chi connectivity index (χ1) is 19.2. The predicted octanol–water partition coefficient (Wildman–Crippen LogP) is 5.47. The smallest absolute Gasteiger partial charge is 0.253 e. The minimum absolute atomic E-state index is 0.139. The molecule has 3 fully saturated rings. The van der Waals surface area contributed by atoms with E-state index in [1.54, 1.807) is 11.3 Å². The van der Waals surface area contributed by atoms with Gasteiger partial charge < -0.3 is 15.1 Å². The first-order valence-electron chi connectivity index (χ1n) is 14.4. The van der Waals surface area contributed by atoms with Gasteiger partial charge in [-0.1, -0.05) is 12.1 Å². The highest BCUT2D eigenvalue weighted by Crippen LogP contribution is 2.32. The minimum Gasteiger partial charge on any atom is -0.384 e. The van der Waals surface area contributed by atoms with Crippen LogP contribution in [0.25, 0.3) is 21.5 Å². The van der Waals surface area contributed by atoms with Crippen LogP contribution in [0.15, 0.2) is 41.8 Å². The lowest BCUT2D eigenvalue weighted by molar-refractivity contribution is 0.0772. The number of pyridine rings is 1. The van der Waals surface area contributed by atoms with Crippen LogP contribution in [0.1, 0.15) is 29.6 Å². The van der Waals surface area contributed by atoms with E-state index in [-0.39, 0.29) is 5.91 Å². The zero-order valence-electron chi connectivity index (χ0n) is 22.6. The number of carbonyl (C=O) groups excluding carboxylic acids is 1. The van der Waals surface area contributed by atoms with Gasteiger partial charge in [0.25, 0.3) is 5.91 Å². The van der Waals surface area contributed by atoms with Gasteiger partial charge in [0.05, 0.1) is 21.6 Å². The first kappa shape index (κ1) is 27.4. The number of benzene rings is 1. The molecule has 3 aromatic rings. The van der Waals surface area contributed by atoms with Crippen molar-refractivity contribution in [2.75, 3.05) is 80.7 Å². The van der Waals surface area contributed by atoms with Crippen molar-refractivity contribution in [3.05, 3.63) is 47.3 Å². The molecule has 5 heterocycles. The number of thioether (sulfide) groups is 2. The second-order valence-corrected chi connectivity index (χ2v) is 14.0. The molecule has 6 rings (SSSR count). The Morgan fingerprint density at radius 1 is 0.923 bits per heavy atom. The van der Waals surface area contributed by atoms with Crippen molar-refractivity contribution in [3.8, 4) is 11.3 Å². The summed E-state index contributed by atoms with van der Waals surface area (Å²) in [5, 5.41) is 5.85. The van der Waals surface area contributed by atoms with Gasteiger partial charge in [0.15, 0.2) is 0 Å². The molecular formula is C30H39N5OS3.